The molecule has 0 bridgehead atoms. The molecule has 19 heavy (non-hydrogen) atoms. The number of benzene rings is 1. The predicted molar refractivity (Wildman–Crippen MR) is 68.4 cm³/mol. The Morgan fingerprint density at radius 1 is 1.53 bits per heavy atom. The van der Waals surface area contributed by atoms with E-state index >= 15 is 0 Å². The van der Waals surface area contributed by atoms with Gasteiger partial charge in [0.2, 0.25) is 0 Å². The standard InChI is InChI=1S/C13H13FN2O3/c1-3-8(4-2)15-13(19)16-9-5-6-10(12(17)18)11(14)7-9/h1,5-8H,4H2,2H3,(H,17,18)(H2,15,16,19). The van der Waals surface area contributed by atoms with Crippen molar-refractivity contribution in [2.75, 3.05) is 5.32 Å². The van der Waals surface area contributed by atoms with Gasteiger partial charge in [0.05, 0.1) is 11.6 Å². The van der Waals surface area contributed by atoms with Crippen LogP contribution in [0.4, 0.5) is 14.9 Å². The molecule has 6 heteroatoms. The molecule has 3 N–H and O–H groups in total. The quantitative estimate of drug-likeness (QED) is 0.728. The van der Waals surface area contributed by atoms with E-state index in [9.17, 15) is 14.0 Å². The van der Waals surface area contributed by atoms with Crippen molar-refractivity contribution in [2.24, 2.45) is 0 Å². The number of nitrogens with one attached hydrogen (secondary N) is 2. The van der Waals surface area contributed by atoms with Crippen molar-refractivity contribution in [3.63, 3.8) is 0 Å². The molecular weight excluding hydrogens is 251 g/mol. The first-order chi connectivity index (χ1) is 8.97. The molecule has 1 aromatic rings. The summed E-state index contributed by atoms with van der Waals surface area (Å²) in [6.07, 6.45) is 5.75. The second kappa shape index (κ2) is 6.40. The van der Waals surface area contributed by atoms with Crippen molar-refractivity contribution in [3.05, 3.63) is 29.6 Å². The fraction of sp³-hybridized carbons (Fsp3) is 0.231. The Balaban J connectivity index is 2.73. The summed E-state index contributed by atoms with van der Waals surface area (Å²) >= 11 is 0. The van der Waals surface area contributed by atoms with Gasteiger partial charge < -0.3 is 15.7 Å². The summed E-state index contributed by atoms with van der Waals surface area (Å²) in [5, 5.41) is 13.5. The molecule has 1 atom stereocenters. The van der Waals surface area contributed by atoms with E-state index in [-0.39, 0.29) is 5.69 Å². The molecule has 0 aromatic heterocycles. The maximum absolute atomic E-state index is 13.4. The van der Waals surface area contributed by atoms with Gasteiger partial charge in [-0.1, -0.05) is 12.8 Å². The van der Waals surface area contributed by atoms with Gasteiger partial charge in [-0.05, 0) is 24.6 Å². The van der Waals surface area contributed by atoms with E-state index in [1.54, 1.807) is 0 Å². The molecule has 0 aliphatic rings. The Hall–Kier alpha value is -2.55. The summed E-state index contributed by atoms with van der Waals surface area (Å²) < 4.78 is 13.4. The number of anilines is 1. The topological polar surface area (TPSA) is 78.4 Å². The molecular formula is C13H13FN2O3. The maximum atomic E-state index is 13.4. The minimum absolute atomic E-state index is 0.145. The second-order valence-electron chi connectivity index (χ2n) is 3.73. The number of hydrogen-bond acceptors (Lipinski definition) is 2. The predicted octanol–water partition coefficient (Wildman–Crippen LogP) is 2.06. The average molecular weight is 264 g/mol. The lowest BCUT2D eigenvalue weighted by Crippen LogP contribution is -2.36. The van der Waals surface area contributed by atoms with Crippen LogP contribution in [0.2, 0.25) is 0 Å². The number of carbonyl (C=O) groups is 2. The van der Waals surface area contributed by atoms with E-state index in [4.69, 9.17) is 11.5 Å². The van der Waals surface area contributed by atoms with Gasteiger partial charge in [0.1, 0.15) is 5.82 Å². The van der Waals surface area contributed by atoms with Crippen LogP contribution in [0.15, 0.2) is 18.2 Å². The molecule has 100 valence electrons. The fourth-order valence-electron chi connectivity index (χ4n) is 1.35. The highest BCUT2D eigenvalue weighted by Gasteiger charge is 2.12. The number of carboxylic acid groups (broad SMARTS) is 1. The van der Waals surface area contributed by atoms with Crippen LogP contribution in [0.5, 0.6) is 0 Å². The highest BCUT2D eigenvalue weighted by atomic mass is 19.1. The zero-order valence-electron chi connectivity index (χ0n) is 10.2. The maximum Gasteiger partial charge on any atom is 0.338 e. The van der Waals surface area contributed by atoms with Gasteiger partial charge in [0.15, 0.2) is 0 Å². The van der Waals surface area contributed by atoms with Gasteiger partial charge in [0, 0.05) is 5.69 Å². The first-order valence-electron chi connectivity index (χ1n) is 5.54. The summed E-state index contributed by atoms with van der Waals surface area (Å²) in [5.74, 6) is 0.0895. The molecule has 0 spiro atoms. The first-order valence-corrected chi connectivity index (χ1v) is 5.54. The minimum Gasteiger partial charge on any atom is -0.478 e. The SMILES string of the molecule is C#CC(CC)NC(=O)Nc1ccc(C(=O)O)c(F)c1. The van der Waals surface area contributed by atoms with Gasteiger partial charge in [-0.3, -0.25) is 0 Å². The average Bonchev–Trinajstić information content (AvgIpc) is 2.35. The number of rotatable bonds is 4. The summed E-state index contributed by atoms with van der Waals surface area (Å²) in [4.78, 5) is 22.1. The molecule has 0 fully saturated rings. The van der Waals surface area contributed by atoms with E-state index in [0.717, 1.165) is 12.1 Å². The van der Waals surface area contributed by atoms with E-state index in [0.29, 0.717) is 6.42 Å². The van der Waals surface area contributed by atoms with E-state index in [2.05, 4.69) is 16.6 Å². The molecule has 1 aromatic carbocycles. The zero-order chi connectivity index (χ0) is 14.4. The second-order valence-corrected chi connectivity index (χ2v) is 3.73. The Bertz CT molecular complexity index is 537. The summed E-state index contributed by atoms with van der Waals surface area (Å²) in [5.41, 5.74) is -0.312. The number of carboxylic acids is 1. The normalized spacial score (nSPS) is 11.2. The van der Waals surface area contributed by atoms with Crippen molar-refractivity contribution in [2.45, 2.75) is 19.4 Å². The molecule has 0 saturated carbocycles. The highest BCUT2D eigenvalue weighted by Crippen LogP contribution is 2.14. The van der Waals surface area contributed by atoms with Crippen LogP contribution < -0.4 is 10.6 Å². The van der Waals surface area contributed by atoms with E-state index < -0.39 is 29.4 Å². The van der Waals surface area contributed by atoms with E-state index in [1.807, 2.05) is 6.92 Å². The third-order valence-electron chi connectivity index (χ3n) is 2.37. The Morgan fingerprint density at radius 3 is 2.68 bits per heavy atom. The minimum atomic E-state index is -1.37. The molecule has 0 radical (unpaired) electrons. The van der Waals surface area contributed by atoms with Crippen LogP contribution in [0.25, 0.3) is 0 Å². The number of hydrogen-bond donors (Lipinski definition) is 3. The molecule has 1 unspecified atom stereocenters. The van der Waals surface area contributed by atoms with Crippen molar-refractivity contribution in [1.82, 2.24) is 5.32 Å². The van der Waals surface area contributed by atoms with Crippen LogP contribution in [0.3, 0.4) is 0 Å². The molecule has 1 rings (SSSR count). The number of halogens is 1. The van der Waals surface area contributed by atoms with E-state index in [1.165, 1.54) is 6.07 Å². The van der Waals surface area contributed by atoms with Crippen LogP contribution in [-0.4, -0.2) is 23.1 Å². The lowest BCUT2D eigenvalue weighted by molar-refractivity contribution is 0.0692. The monoisotopic (exact) mass is 264 g/mol. The number of terminal acetylenes is 1. The van der Waals surface area contributed by atoms with Gasteiger partial charge in [-0.25, -0.2) is 14.0 Å². The first kappa shape index (κ1) is 14.5. The number of urea groups is 1. The molecule has 0 aliphatic heterocycles. The molecule has 5 nitrogen and oxygen atoms in total. The molecule has 2 amide bonds. The fourth-order valence-corrected chi connectivity index (χ4v) is 1.35. The van der Waals surface area contributed by atoms with Gasteiger partial charge in [0.25, 0.3) is 0 Å². The lowest BCUT2D eigenvalue weighted by Gasteiger charge is -2.12. The van der Waals surface area contributed by atoms with Crippen molar-refractivity contribution in [3.8, 4) is 12.3 Å². The van der Waals surface area contributed by atoms with Crippen LogP contribution >= 0.6 is 0 Å². The molecule has 0 saturated heterocycles. The third-order valence-corrected chi connectivity index (χ3v) is 2.37. The van der Waals surface area contributed by atoms with Gasteiger partial charge in [-0.15, -0.1) is 6.42 Å². The molecule has 0 aliphatic carbocycles. The smallest absolute Gasteiger partial charge is 0.338 e. The largest absolute Gasteiger partial charge is 0.478 e. The number of carbonyl (C=O) groups excluding carboxylic acids is 1. The van der Waals surface area contributed by atoms with Crippen LogP contribution in [-0.2, 0) is 0 Å². The van der Waals surface area contributed by atoms with Crippen molar-refractivity contribution in [1.29, 1.82) is 0 Å². The number of aromatic carboxylic acids is 1. The molecule has 0 heterocycles. The third kappa shape index (κ3) is 4.00. The van der Waals surface area contributed by atoms with Crippen LogP contribution in [0.1, 0.15) is 23.7 Å². The van der Waals surface area contributed by atoms with Crippen LogP contribution in [0, 0.1) is 18.2 Å². The number of amides is 2. The lowest BCUT2D eigenvalue weighted by atomic mass is 10.2. The Morgan fingerprint density at radius 2 is 2.21 bits per heavy atom. The summed E-state index contributed by atoms with van der Waals surface area (Å²) in [6.45, 7) is 1.81. The zero-order valence-corrected chi connectivity index (χ0v) is 10.2. The van der Waals surface area contributed by atoms with Crippen molar-refractivity contribution < 1.29 is 19.1 Å². The summed E-state index contributed by atoms with van der Waals surface area (Å²) in [7, 11) is 0. The Kier molecular flexibility index (Phi) is 4.89. The van der Waals surface area contributed by atoms with Gasteiger partial charge in [-0.2, -0.15) is 0 Å². The van der Waals surface area contributed by atoms with Gasteiger partial charge >= 0.3 is 12.0 Å². The highest BCUT2D eigenvalue weighted by molar-refractivity contribution is 5.92. The van der Waals surface area contributed by atoms with Crippen molar-refractivity contribution >= 4 is 17.7 Å². The Labute approximate surface area is 109 Å². The summed E-state index contributed by atoms with van der Waals surface area (Å²) in [6, 6.07) is 2.31.